The first-order chi connectivity index (χ1) is 15.9. The van der Waals surface area contributed by atoms with E-state index < -0.39 is 11.9 Å². The molecule has 8 nitrogen and oxygen atoms in total. The highest BCUT2D eigenvalue weighted by atomic mass is 32.2. The van der Waals surface area contributed by atoms with Gasteiger partial charge in [-0.15, -0.1) is 0 Å². The number of amidine groups is 2. The van der Waals surface area contributed by atoms with E-state index in [9.17, 15) is 9.59 Å². The number of nitrogens with one attached hydrogen (secondary N) is 1. The van der Waals surface area contributed by atoms with Crippen LogP contribution in [-0.4, -0.2) is 38.0 Å². The lowest BCUT2D eigenvalue weighted by Gasteiger charge is -2.19. The number of nitrogens with zero attached hydrogens (tertiary/aromatic N) is 3. The van der Waals surface area contributed by atoms with Crippen LogP contribution in [0.25, 0.3) is 17.4 Å². The van der Waals surface area contributed by atoms with Crippen molar-refractivity contribution in [2.45, 2.75) is 6.92 Å². The van der Waals surface area contributed by atoms with Gasteiger partial charge >= 0.3 is 5.97 Å². The maximum absolute atomic E-state index is 12.6. The van der Waals surface area contributed by atoms with Crippen molar-refractivity contribution in [3.05, 3.63) is 88.7 Å². The molecule has 1 aromatic heterocycles. The molecule has 3 heterocycles. The standard InChI is InChI=1S/C24H16N4O4S/c1-13-2-4-15(5-3-13)22-27-28-20(25)18(21(29)26-24(28)33-22)12-17-10-11-19(32-17)14-6-8-16(9-7-14)23(30)31/h2-12,25H,1H3,(H,30,31). The molecule has 33 heavy (non-hydrogen) atoms. The Bertz CT molecular complexity index is 1400. The van der Waals surface area contributed by atoms with Gasteiger partial charge in [0, 0.05) is 11.1 Å². The Balaban J connectivity index is 1.41. The Morgan fingerprint density at radius 2 is 1.76 bits per heavy atom. The first kappa shape index (κ1) is 20.7. The summed E-state index contributed by atoms with van der Waals surface area (Å²) in [7, 11) is 0. The largest absolute Gasteiger partial charge is 0.478 e. The highest BCUT2D eigenvalue weighted by molar-refractivity contribution is 8.27. The number of aliphatic imine (C=N–C) groups is 1. The van der Waals surface area contributed by atoms with Gasteiger partial charge in [-0.3, -0.25) is 10.2 Å². The van der Waals surface area contributed by atoms with Gasteiger partial charge in [-0.25, -0.2) is 4.79 Å². The van der Waals surface area contributed by atoms with Crippen molar-refractivity contribution in [3.8, 4) is 11.3 Å². The summed E-state index contributed by atoms with van der Waals surface area (Å²) in [6.07, 6.45) is 1.46. The second-order valence-electron chi connectivity index (χ2n) is 7.38. The molecule has 0 saturated carbocycles. The number of benzene rings is 2. The minimum atomic E-state index is -1.01. The lowest BCUT2D eigenvalue weighted by molar-refractivity contribution is -0.114. The van der Waals surface area contributed by atoms with Crippen LogP contribution < -0.4 is 0 Å². The first-order valence-corrected chi connectivity index (χ1v) is 10.7. The summed E-state index contributed by atoms with van der Waals surface area (Å²) in [5.74, 6) is -0.747. The Labute approximate surface area is 192 Å². The fourth-order valence-corrected chi connectivity index (χ4v) is 4.21. The van der Waals surface area contributed by atoms with Gasteiger partial charge in [0.15, 0.2) is 5.84 Å². The minimum Gasteiger partial charge on any atom is -0.478 e. The molecule has 162 valence electrons. The number of carboxylic acid groups (broad SMARTS) is 1. The first-order valence-electron chi connectivity index (χ1n) is 9.90. The number of hydrogen-bond acceptors (Lipinski definition) is 6. The summed E-state index contributed by atoms with van der Waals surface area (Å²) in [6.45, 7) is 2.00. The third-order valence-corrected chi connectivity index (χ3v) is 6.04. The maximum Gasteiger partial charge on any atom is 0.335 e. The van der Waals surface area contributed by atoms with Gasteiger partial charge in [-0.05, 0) is 49.0 Å². The fourth-order valence-electron chi connectivity index (χ4n) is 3.31. The zero-order valence-electron chi connectivity index (χ0n) is 17.3. The second kappa shape index (κ2) is 8.03. The van der Waals surface area contributed by atoms with Gasteiger partial charge in [-0.2, -0.15) is 15.1 Å². The van der Waals surface area contributed by atoms with E-state index in [2.05, 4.69) is 10.1 Å². The number of thioether (sulfide) groups is 1. The van der Waals surface area contributed by atoms with Crippen LogP contribution in [-0.2, 0) is 4.79 Å². The molecule has 3 aromatic rings. The smallest absolute Gasteiger partial charge is 0.335 e. The lowest BCUT2D eigenvalue weighted by Crippen LogP contribution is -2.35. The highest BCUT2D eigenvalue weighted by Gasteiger charge is 2.36. The summed E-state index contributed by atoms with van der Waals surface area (Å²) < 4.78 is 5.80. The highest BCUT2D eigenvalue weighted by Crippen LogP contribution is 2.31. The fraction of sp³-hybridized carbons (Fsp3) is 0.0417. The van der Waals surface area contributed by atoms with Crippen molar-refractivity contribution < 1.29 is 19.1 Å². The van der Waals surface area contributed by atoms with Gasteiger partial charge in [0.1, 0.15) is 16.6 Å². The molecular weight excluding hydrogens is 440 g/mol. The zero-order chi connectivity index (χ0) is 23.1. The van der Waals surface area contributed by atoms with Crippen LogP contribution >= 0.6 is 11.8 Å². The SMILES string of the molecule is Cc1ccc(C2=NN3C(=N)C(=Cc4ccc(-c5ccc(C(=O)O)cc5)o4)C(=O)N=C3S2)cc1. The van der Waals surface area contributed by atoms with Crippen LogP contribution in [0, 0.1) is 12.3 Å². The molecule has 1 amide bonds. The number of aryl methyl sites for hydroxylation is 1. The molecular formula is C24H16N4O4S. The van der Waals surface area contributed by atoms with E-state index in [1.165, 1.54) is 35.0 Å². The van der Waals surface area contributed by atoms with Crippen LogP contribution in [0.2, 0.25) is 0 Å². The van der Waals surface area contributed by atoms with E-state index in [0.29, 0.717) is 27.3 Å². The Kier molecular flexibility index (Phi) is 5.02. The molecule has 0 bridgehead atoms. The number of hydrazone groups is 1. The van der Waals surface area contributed by atoms with Crippen molar-refractivity contribution in [1.29, 1.82) is 5.41 Å². The molecule has 0 aliphatic carbocycles. The molecule has 9 heteroatoms. The topological polar surface area (TPSA) is 119 Å². The van der Waals surface area contributed by atoms with E-state index in [1.54, 1.807) is 24.3 Å². The Morgan fingerprint density at radius 1 is 1.06 bits per heavy atom. The number of fused-ring (bicyclic) bond motifs is 1. The molecule has 2 aromatic carbocycles. The number of rotatable bonds is 4. The minimum absolute atomic E-state index is 0.0652. The zero-order valence-corrected chi connectivity index (χ0v) is 18.1. The quantitative estimate of drug-likeness (QED) is 0.553. The molecule has 0 unspecified atom stereocenters. The van der Waals surface area contributed by atoms with Gasteiger partial charge < -0.3 is 9.52 Å². The number of carboxylic acids is 1. The van der Waals surface area contributed by atoms with Crippen molar-refractivity contribution in [2.24, 2.45) is 10.1 Å². The van der Waals surface area contributed by atoms with Crippen LogP contribution in [0.4, 0.5) is 0 Å². The average Bonchev–Trinajstić information content (AvgIpc) is 3.45. The van der Waals surface area contributed by atoms with E-state index in [4.69, 9.17) is 14.9 Å². The molecule has 2 N–H and O–H groups in total. The Morgan fingerprint density at radius 3 is 2.45 bits per heavy atom. The van der Waals surface area contributed by atoms with Crippen LogP contribution in [0.5, 0.6) is 0 Å². The van der Waals surface area contributed by atoms with Crippen molar-refractivity contribution in [1.82, 2.24) is 5.01 Å². The molecule has 0 fully saturated rings. The average molecular weight is 456 g/mol. The summed E-state index contributed by atoms with van der Waals surface area (Å²) >= 11 is 1.25. The number of hydrogen-bond donors (Lipinski definition) is 2. The van der Waals surface area contributed by atoms with Gasteiger partial charge in [0.25, 0.3) is 5.91 Å². The van der Waals surface area contributed by atoms with E-state index in [1.807, 2.05) is 31.2 Å². The lowest BCUT2D eigenvalue weighted by atomic mass is 10.1. The number of carbonyl (C=O) groups is 2. The molecule has 0 saturated heterocycles. The second-order valence-corrected chi connectivity index (χ2v) is 8.33. The van der Waals surface area contributed by atoms with Crippen LogP contribution in [0.15, 0.2) is 80.7 Å². The molecule has 5 rings (SSSR count). The molecule has 0 atom stereocenters. The predicted molar refractivity (Wildman–Crippen MR) is 126 cm³/mol. The molecule has 0 radical (unpaired) electrons. The predicted octanol–water partition coefficient (Wildman–Crippen LogP) is 4.62. The summed E-state index contributed by atoms with van der Waals surface area (Å²) in [6, 6.07) is 17.5. The summed E-state index contributed by atoms with van der Waals surface area (Å²) in [5, 5.41) is 24.4. The maximum atomic E-state index is 12.6. The summed E-state index contributed by atoms with van der Waals surface area (Å²) in [5.41, 5.74) is 2.95. The number of carbonyl (C=O) groups excluding carboxylic acids is 1. The monoisotopic (exact) mass is 456 g/mol. The number of furan rings is 1. The molecule has 0 spiro atoms. The third-order valence-electron chi connectivity index (χ3n) is 5.08. The number of amides is 1. The molecule has 2 aliphatic rings. The van der Waals surface area contributed by atoms with E-state index in [0.717, 1.165) is 11.1 Å². The van der Waals surface area contributed by atoms with Crippen molar-refractivity contribution >= 4 is 45.8 Å². The van der Waals surface area contributed by atoms with Crippen molar-refractivity contribution in [2.75, 3.05) is 0 Å². The van der Waals surface area contributed by atoms with Crippen molar-refractivity contribution in [3.63, 3.8) is 0 Å². The van der Waals surface area contributed by atoms with Gasteiger partial charge in [0.2, 0.25) is 5.17 Å². The van der Waals surface area contributed by atoms with E-state index in [-0.39, 0.29) is 17.0 Å². The third kappa shape index (κ3) is 3.90. The van der Waals surface area contributed by atoms with E-state index >= 15 is 0 Å². The van der Waals surface area contributed by atoms with Gasteiger partial charge in [0.05, 0.1) is 11.1 Å². The Hall–Kier alpha value is -4.24. The van der Waals surface area contributed by atoms with Crippen LogP contribution in [0.1, 0.15) is 27.2 Å². The normalized spacial score (nSPS) is 16.6. The number of aromatic carboxylic acids is 1. The van der Waals surface area contributed by atoms with Gasteiger partial charge in [-0.1, -0.05) is 42.0 Å². The van der Waals surface area contributed by atoms with Crippen LogP contribution in [0.3, 0.4) is 0 Å². The summed E-state index contributed by atoms with van der Waals surface area (Å²) in [4.78, 5) is 27.8. The molecule has 2 aliphatic heterocycles.